The van der Waals surface area contributed by atoms with E-state index in [4.69, 9.17) is 5.11 Å². The first-order valence-corrected chi connectivity index (χ1v) is 6.88. The Morgan fingerprint density at radius 1 is 1.21 bits per heavy atom. The fourth-order valence-corrected chi connectivity index (χ4v) is 2.94. The van der Waals surface area contributed by atoms with Crippen LogP contribution < -0.4 is 0 Å². The van der Waals surface area contributed by atoms with Crippen LogP contribution in [0.5, 0.6) is 0 Å². The highest BCUT2D eigenvalue weighted by molar-refractivity contribution is 5.77. The Morgan fingerprint density at radius 2 is 1.89 bits per heavy atom. The number of amides is 2. The van der Waals surface area contributed by atoms with Gasteiger partial charge in [-0.15, -0.1) is 0 Å². The molecular formula is C13H22N2O4. The maximum absolute atomic E-state index is 12.4. The molecule has 2 aliphatic rings. The normalized spacial score (nSPS) is 32.2. The van der Waals surface area contributed by atoms with Crippen LogP contribution in [0.15, 0.2) is 0 Å². The fourth-order valence-electron chi connectivity index (χ4n) is 2.94. The van der Waals surface area contributed by atoms with Crippen molar-refractivity contribution in [3.63, 3.8) is 0 Å². The number of hydrogen-bond acceptors (Lipinski definition) is 3. The van der Waals surface area contributed by atoms with Gasteiger partial charge < -0.3 is 20.0 Å². The molecule has 0 aliphatic carbocycles. The lowest BCUT2D eigenvalue weighted by molar-refractivity contribution is -0.143. The summed E-state index contributed by atoms with van der Waals surface area (Å²) in [5, 5.41) is 19.1. The number of rotatable bonds is 1. The van der Waals surface area contributed by atoms with E-state index in [1.807, 2.05) is 0 Å². The summed E-state index contributed by atoms with van der Waals surface area (Å²) in [6.07, 6.45) is 2.85. The average Bonchev–Trinajstić information content (AvgIpc) is 2.37. The van der Waals surface area contributed by atoms with Gasteiger partial charge >= 0.3 is 12.0 Å². The molecule has 2 aliphatic heterocycles. The van der Waals surface area contributed by atoms with Crippen molar-refractivity contribution in [1.29, 1.82) is 0 Å². The van der Waals surface area contributed by atoms with Crippen molar-refractivity contribution >= 4 is 12.0 Å². The number of aliphatic carboxylic acids is 1. The maximum Gasteiger partial charge on any atom is 0.320 e. The SMILES string of the molecule is CC1(O)CCCN(C(=O)N2CCC[C@H](C(=O)O)C2)C1. The monoisotopic (exact) mass is 270 g/mol. The average molecular weight is 270 g/mol. The molecule has 6 nitrogen and oxygen atoms in total. The third-order valence-electron chi connectivity index (χ3n) is 3.99. The molecule has 0 saturated carbocycles. The van der Waals surface area contributed by atoms with Gasteiger partial charge in [0.15, 0.2) is 0 Å². The number of carbonyl (C=O) groups excluding carboxylic acids is 1. The van der Waals surface area contributed by atoms with Crippen molar-refractivity contribution in [2.75, 3.05) is 26.2 Å². The lowest BCUT2D eigenvalue weighted by Crippen LogP contribution is -2.55. The van der Waals surface area contributed by atoms with Crippen molar-refractivity contribution in [3.05, 3.63) is 0 Å². The molecule has 0 aromatic carbocycles. The minimum absolute atomic E-state index is 0.133. The van der Waals surface area contributed by atoms with Crippen LogP contribution >= 0.6 is 0 Å². The molecule has 1 unspecified atom stereocenters. The van der Waals surface area contributed by atoms with Crippen LogP contribution in [-0.4, -0.2) is 63.8 Å². The molecule has 2 saturated heterocycles. The van der Waals surface area contributed by atoms with Crippen LogP contribution in [0.1, 0.15) is 32.6 Å². The minimum atomic E-state index is -0.830. The maximum atomic E-state index is 12.4. The molecule has 19 heavy (non-hydrogen) atoms. The number of hydrogen-bond donors (Lipinski definition) is 2. The minimum Gasteiger partial charge on any atom is -0.481 e. The van der Waals surface area contributed by atoms with Crippen molar-refractivity contribution in [2.45, 2.75) is 38.2 Å². The van der Waals surface area contributed by atoms with Crippen LogP contribution in [-0.2, 0) is 4.79 Å². The summed E-state index contributed by atoms with van der Waals surface area (Å²) in [7, 11) is 0. The van der Waals surface area contributed by atoms with Crippen LogP contribution in [0.2, 0.25) is 0 Å². The molecule has 0 spiro atoms. The van der Waals surface area contributed by atoms with Crippen LogP contribution in [0.3, 0.4) is 0 Å². The van der Waals surface area contributed by atoms with E-state index in [2.05, 4.69) is 0 Å². The quantitative estimate of drug-likeness (QED) is 0.736. The largest absolute Gasteiger partial charge is 0.481 e. The molecular weight excluding hydrogens is 248 g/mol. The number of likely N-dealkylation sites (tertiary alicyclic amines) is 2. The summed E-state index contributed by atoms with van der Waals surface area (Å²) in [5.41, 5.74) is -0.824. The Balaban J connectivity index is 1.97. The van der Waals surface area contributed by atoms with Crippen molar-refractivity contribution in [1.82, 2.24) is 9.80 Å². The highest BCUT2D eigenvalue weighted by atomic mass is 16.4. The summed E-state index contributed by atoms with van der Waals surface area (Å²) >= 11 is 0. The molecule has 6 heteroatoms. The summed E-state index contributed by atoms with van der Waals surface area (Å²) in [6.45, 7) is 3.61. The van der Waals surface area contributed by atoms with Crippen molar-refractivity contribution in [2.24, 2.45) is 5.92 Å². The van der Waals surface area contributed by atoms with Crippen LogP contribution in [0.25, 0.3) is 0 Å². The zero-order valence-electron chi connectivity index (χ0n) is 11.3. The van der Waals surface area contributed by atoms with E-state index in [9.17, 15) is 14.7 Å². The Bertz CT molecular complexity index is 370. The third-order valence-corrected chi connectivity index (χ3v) is 3.99. The summed E-state index contributed by atoms with van der Waals surface area (Å²) in [6, 6.07) is -0.133. The molecule has 2 amide bonds. The Labute approximate surface area is 113 Å². The molecule has 2 fully saturated rings. The predicted octanol–water partition coefficient (Wildman–Crippen LogP) is 0.750. The first-order valence-electron chi connectivity index (χ1n) is 6.88. The first kappa shape index (κ1) is 14.1. The number of nitrogens with zero attached hydrogens (tertiary/aromatic N) is 2. The number of urea groups is 1. The Hall–Kier alpha value is -1.30. The molecule has 0 aromatic rings. The number of carboxylic acid groups (broad SMARTS) is 1. The van der Waals surface area contributed by atoms with Gasteiger partial charge in [0.1, 0.15) is 0 Å². The molecule has 2 N–H and O–H groups in total. The van der Waals surface area contributed by atoms with Crippen molar-refractivity contribution in [3.8, 4) is 0 Å². The van der Waals surface area contributed by atoms with E-state index in [0.717, 1.165) is 12.8 Å². The van der Waals surface area contributed by atoms with Gasteiger partial charge in [0, 0.05) is 19.6 Å². The molecule has 108 valence electrons. The molecule has 0 bridgehead atoms. The number of β-amino-alcohol motifs (C(OH)–C–C–N with tert-alkyl or cyclic N) is 1. The Morgan fingerprint density at radius 3 is 2.53 bits per heavy atom. The third kappa shape index (κ3) is 3.37. The second-order valence-corrected chi connectivity index (χ2v) is 5.93. The Kier molecular flexibility index (Phi) is 3.99. The summed E-state index contributed by atoms with van der Waals surface area (Å²) in [4.78, 5) is 26.6. The number of aliphatic hydroxyl groups is 1. The zero-order valence-corrected chi connectivity index (χ0v) is 11.3. The second-order valence-electron chi connectivity index (χ2n) is 5.93. The highest BCUT2D eigenvalue weighted by Gasteiger charge is 2.35. The second kappa shape index (κ2) is 5.36. The van der Waals surface area contributed by atoms with E-state index in [1.165, 1.54) is 0 Å². The first-order chi connectivity index (χ1) is 8.89. The predicted molar refractivity (Wildman–Crippen MR) is 68.8 cm³/mol. The van der Waals surface area contributed by atoms with Gasteiger partial charge in [0.2, 0.25) is 0 Å². The van der Waals surface area contributed by atoms with Crippen molar-refractivity contribution < 1.29 is 19.8 Å². The van der Waals surface area contributed by atoms with Gasteiger partial charge in [-0.3, -0.25) is 4.79 Å². The fraction of sp³-hybridized carbons (Fsp3) is 0.846. The van der Waals surface area contributed by atoms with Gasteiger partial charge in [-0.2, -0.15) is 0 Å². The molecule has 2 rings (SSSR count). The zero-order chi connectivity index (χ0) is 14.0. The van der Waals surface area contributed by atoms with E-state index in [1.54, 1.807) is 16.7 Å². The highest BCUT2D eigenvalue weighted by Crippen LogP contribution is 2.23. The lowest BCUT2D eigenvalue weighted by Gasteiger charge is -2.41. The number of carboxylic acids is 1. The number of piperidine rings is 2. The van der Waals surface area contributed by atoms with E-state index in [-0.39, 0.29) is 12.6 Å². The number of carbonyl (C=O) groups is 2. The smallest absolute Gasteiger partial charge is 0.320 e. The van der Waals surface area contributed by atoms with Gasteiger partial charge in [-0.25, -0.2) is 4.79 Å². The van der Waals surface area contributed by atoms with Gasteiger partial charge in [0.25, 0.3) is 0 Å². The molecule has 2 heterocycles. The van der Waals surface area contributed by atoms with Crippen LogP contribution in [0.4, 0.5) is 4.79 Å². The summed E-state index contributed by atoms with van der Waals surface area (Å²) < 4.78 is 0. The van der Waals surface area contributed by atoms with E-state index >= 15 is 0 Å². The van der Waals surface area contributed by atoms with Crippen LogP contribution in [0, 0.1) is 5.92 Å². The molecule has 0 radical (unpaired) electrons. The molecule has 2 atom stereocenters. The van der Waals surface area contributed by atoms with Gasteiger partial charge in [0.05, 0.1) is 18.1 Å². The van der Waals surface area contributed by atoms with Gasteiger partial charge in [-0.1, -0.05) is 0 Å². The van der Waals surface area contributed by atoms with Gasteiger partial charge in [-0.05, 0) is 32.6 Å². The van der Waals surface area contributed by atoms with E-state index in [0.29, 0.717) is 32.5 Å². The molecule has 0 aromatic heterocycles. The summed E-state index contributed by atoms with van der Waals surface area (Å²) in [5.74, 6) is -1.29. The topological polar surface area (TPSA) is 81.1 Å². The standard InChI is InChI=1S/C13H22N2O4/c1-13(19)5-3-7-15(9-13)12(18)14-6-2-4-10(8-14)11(16)17/h10,19H,2-9H2,1H3,(H,16,17)/t10-,13?/m0/s1. The lowest BCUT2D eigenvalue weighted by atomic mass is 9.95. The van der Waals surface area contributed by atoms with E-state index < -0.39 is 17.5 Å².